The Morgan fingerprint density at radius 1 is 1.34 bits per heavy atom. The third-order valence-electron chi connectivity index (χ3n) is 6.84. The maximum atomic E-state index is 12.5. The molecule has 3 N–H and O–H groups in total. The fraction of sp³-hybridized carbons (Fsp3) is 0.690. The molecule has 38 heavy (non-hydrogen) atoms. The Morgan fingerprint density at radius 2 is 2.03 bits per heavy atom. The lowest BCUT2D eigenvalue weighted by molar-refractivity contribution is -0.151. The van der Waals surface area contributed by atoms with Crippen molar-refractivity contribution in [2.24, 2.45) is 17.8 Å². The molecule has 0 fully saturated rings. The molecule has 1 aliphatic rings. The Labute approximate surface area is 227 Å². The molecule has 0 radical (unpaired) electrons. The Bertz CT molecular complexity index is 863. The molecular weight excluding hydrogens is 490 g/mol. The number of carboxylic acid groups (broad SMARTS) is 1. The molecule has 6 atom stereocenters. The first kappa shape index (κ1) is 33.4. The summed E-state index contributed by atoms with van der Waals surface area (Å²) >= 11 is 0. The average molecular weight is 538 g/mol. The van der Waals surface area contributed by atoms with Crippen LogP contribution in [-0.2, 0) is 19.1 Å². The van der Waals surface area contributed by atoms with Gasteiger partial charge in [-0.3, -0.25) is 9.59 Å². The van der Waals surface area contributed by atoms with Crippen molar-refractivity contribution in [3.05, 3.63) is 36.0 Å². The van der Waals surface area contributed by atoms with Gasteiger partial charge in [-0.25, -0.2) is 4.79 Å². The molecule has 1 amide bonds. The van der Waals surface area contributed by atoms with E-state index in [9.17, 15) is 29.7 Å². The Hall–Kier alpha value is -2.65. The van der Waals surface area contributed by atoms with E-state index < -0.39 is 35.7 Å². The summed E-state index contributed by atoms with van der Waals surface area (Å²) in [5, 5.41) is 30.6. The lowest BCUT2D eigenvalue weighted by Gasteiger charge is -2.32. The summed E-state index contributed by atoms with van der Waals surface area (Å²) < 4.78 is 11.1. The molecule has 0 aromatic rings. The van der Waals surface area contributed by atoms with Crippen LogP contribution in [-0.4, -0.2) is 76.3 Å². The molecule has 0 bridgehead atoms. The van der Waals surface area contributed by atoms with Crippen molar-refractivity contribution in [1.29, 1.82) is 0 Å². The van der Waals surface area contributed by atoms with E-state index >= 15 is 0 Å². The number of hydrogen-bond acceptors (Lipinski definition) is 7. The summed E-state index contributed by atoms with van der Waals surface area (Å²) in [5.74, 6) is -2.59. The number of rotatable bonds is 10. The van der Waals surface area contributed by atoms with E-state index in [1.807, 2.05) is 39.0 Å². The number of aliphatic carboxylic acids is 1. The van der Waals surface area contributed by atoms with Gasteiger partial charge in [0.1, 0.15) is 6.10 Å². The first-order valence-corrected chi connectivity index (χ1v) is 13.5. The van der Waals surface area contributed by atoms with Gasteiger partial charge < -0.3 is 29.7 Å². The van der Waals surface area contributed by atoms with Gasteiger partial charge in [0.2, 0.25) is 0 Å². The molecule has 0 spiro atoms. The van der Waals surface area contributed by atoms with Gasteiger partial charge in [-0.15, -0.1) is 0 Å². The second kappa shape index (κ2) is 16.3. The lowest BCUT2D eigenvalue weighted by atomic mass is 9.80. The van der Waals surface area contributed by atoms with Gasteiger partial charge in [0.25, 0.3) is 0 Å². The highest BCUT2D eigenvalue weighted by atomic mass is 16.6. The fourth-order valence-corrected chi connectivity index (χ4v) is 4.18. The van der Waals surface area contributed by atoms with Gasteiger partial charge in [0, 0.05) is 31.3 Å². The highest BCUT2D eigenvalue weighted by Crippen LogP contribution is 2.30. The zero-order chi connectivity index (χ0) is 28.9. The predicted octanol–water partition coefficient (Wildman–Crippen LogP) is 4.48. The highest BCUT2D eigenvalue weighted by Gasteiger charge is 2.34. The molecular formula is C29H47NO8. The average Bonchev–Trinajstić information content (AvgIpc) is 2.84. The van der Waals surface area contributed by atoms with Crippen LogP contribution in [0.2, 0.25) is 0 Å². The van der Waals surface area contributed by atoms with Crippen LogP contribution in [0.25, 0.3) is 0 Å². The van der Waals surface area contributed by atoms with Crippen LogP contribution in [0.5, 0.6) is 0 Å². The maximum absolute atomic E-state index is 12.5. The molecule has 0 aliphatic carbocycles. The molecule has 0 saturated heterocycles. The van der Waals surface area contributed by atoms with Gasteiger partial charge in [-0.05, 0) is 38.7 Å². The van der Waals surface area contributed by atoms with Gasteiger partial charge >= 0.3 is 18.0 Å². The Balaban J connectivity index is 2.99. The van der Waals surface area contributed by atoms with Crippen molar-refractivity contribution in [3.63, 3.8) is 0 Å². The van der Waals surface area contributed by atoms with Gasteiger partial charge in [0.05, 0.1) is 31.2 Å². The van der Waals surface area contributed by atoms with Crippen LogP contribution >= 0.6 is 0 Å². The molecule has 0 aromatic carbocycles. The summed E-state index contributed by atoms with van der Waals surface area (Å²) in [6.45, 7) is 10.1. The number of unbranched alkanes of at least 4 members (excludes halogenated alkanes) is 1. The normalized spacial score (nSPS) is 29.1. The van der Waals surface area contributed by atoms with E-state index in [1.54, 1.807) is 31.0 Å². The number of aliphatic hydroxyl groups excluding tert-OH is 1. The number of hydrogen-bond donors (Lipinski definition) is 3. The van der Waals surface area contributed by atoms with Crippen molar-refractivity contribution in [1.82, 2.24) is 4.90 Å². The van der Waals surface area contributed by atoms with Crippen LogP contribution in [0.3, 0.4) is 0 Å². The number of ether oxygens (including phenoxy) is 2. The van der Waals surface area contributed by atoms with E-state index in [2.05, 4.69) is 6.92 Å². The summed E-state index contributed by atoms with van der Waals surface area (Å²) in [5.41, 5.74) is -0.602. The van der Waals surface area contributed by atoms with Crippen molar-refractivity contribution in [2.45, 2.75) is 91.0 Å². The second-order valence-corrected chi connectivity index (χ2v) is 10.7. The zero-order valence-electron chi connectivity index (χ0n) is 23.8. The maximum Gasteiger partial charge on any atom is 0.409 e. The summed E-state index contributed by atoms with van der Waals surface area (Å²) in [7, 11) is 1.72. The quantitative estimate of drug-likeness (QED) is 0.211. The highest BCUT2D eigenvalue weighted by molar-refractivity contribution is 5.70. The largest absolute Gasteiger partial charge is 0.481 e. The number of carboxylic acids is 1. The van der Waals surface area contributed by atoms with Crippen molar-refractivity contribution >= 4 is 18.0 Å². The van der Waals surface area contributed by atoms with E-state index in [4.69, 9.17) is 9.47 Å². The van der Waals surface area contributed by atoms with E-state index in [0.29, 0.717) is 6.54 Å². The van der Waals surface area contributed by atoms with Gasteiger partial charge in [-0.2, -0.15) is 0 Å². The summed E-state index contributed by atoms with van der Waals surface area (Å²) in [4.78, 5) is 37.6. The number of carbonyl (C=O) groups excluding carboxylic acids is 2. The van der Waals surface area contributed by atoms with Crippen LogP contribution in [0, 0.1) is 17.8 Å². The number of esters is 1. The smallest absolute Gasteiger partial charge is 0.409 e. The van der Waals surface area contributed by atoms with Crippen LogP contribution < -0.4 is 0 Å². The second-order valence-electron chi connectivity index (χ2n) is 10.7. The Kier molecular flexibility index (Phi) is 14.4. The predicted molar refractivity (Wildman–Crippen MR) is 145 cm³/mol. The van der Waals surface area contributed by atoms with Crippen LogP contribution in [0.4, 0.5) is 4.79 Å². The molecule has 1 heterocycles. The molecule has 9 heteroatoms. The summed E-state index contributed by atoms with van der Waals surface area (Å²) in [6, 6.07) is 0. The molecule has 0 aromatic heterocycles. The van der Waals surface area contributed by atoms with Crippen molar-refractivity contribution < 1.29 is 39.2 Å². The van der Waals surface area contributed by atoms with Crippen molar-refractivity contribution in [2.75, 3.05) is 20.2 Å². The summed E-state index contributed by atoms with van der Waals surface area (Å²) in [6.07, 6.45) is 8.70. The van der Waals surface area contributed by atoms with E-state index in [1.165, 1.54) is 0 Å². The fourth-order valence-electron chi connectivity index (χ4n) is 4.18. The number of amides is 1. The number of allylic oxidation sites excluding steroid dienone is 2. The van der Waals surface area contributed by atoms with Gasteiger partial charge in [-0.1, -0.05) is 57.6 Å². The van der Waals surface area contributed by atoms with Crippen LogP contribution in [0.1, 0.15) is 73.1 Å². The third-order valence-corrected chi connectivity index (χ3v) is 6.84. The number of carbonyl (C=O) groups is 3. The topological polar surface area (TPSA) is 134 Å². The minimum absolute atomic E-state index is 0.0343. The molecule has 0 saturated carbocycles. The molecule has 1 aliphatic heterocycles. The number of nitrogens with zero attached hydrogens (tertiary/aromatic N) is 1. The molecule has 216 valence electrons. The Morgan fingerprint density at radius 3 is 2.66 bits per heavy atom. The minimum Gasteiger partial charge on any atom is -0.481 e. The zero-order valence-corrected chi connectivity index (χ0v) is 23.8. The van der Waals surface area contributed by atoms with Gasteiger partial charge in [0.15, 0.2) is 0 Å². The SMILES string of the molecule is CCCCN(C)C(=O)OC[C@H](C)/C=C/C=C(\C)[C@H]1OC(=O)C[C@H](O)CC[C@@](C)(O)[C@@H](CC(=O)O)/C=C/[C@@H]1C. The number of cyclic esters (lactones) is 1. The first-order valence-electron chi connectivity index (χ1n) is 13.5. The molecule has 1 rings (SSSR count). The third kappa shape index (κ3) is 12.3. The molecule has 0 unspecified atom stereocenters. The monoisotopic (exact) mass is 537 g/mol. The lowest BCUT2D eigenvalue weighted by Crippen LogP contribution is -2.37. The molecule has 9 nitrogen and oxygen atoms in total. The van der Waals surface area contributed by atoms with Crippen LogP contribution in [0.15, 0.2) is 36.0 Å². The van der Waals surface area contributed by atoms with E-state index in [-0.39, 0.29) is 50.2 Å². The minimum atomic E-state index is -1.35. The van der Waals surface area contributed by atoms with Crippen molar-refractivity contribution in [3.8, 4) is 0 Å². The van der Waals surface area contributed by atoms with E-state index in [0.717, 1.165) is 18.4 Å². The number of aliphatic hydroxyl groups is 2. The first-order chi connectivity index (χ1) is 17.8. The standard InChI is InChI=1S/C29H47NO8/c1-7-8-16-30(6)28(35)37-19-20(2)10-9-11-21(3)27-22(4)12-13-23(17-25(32)33)29(5,36)15-14-24(31)18-26(34)38-27/h9-13,20,22-24,27,31,36H,7-8,14-19H2,1-6H3,(H,32,33)/b10-9+,13-12+,21-11+/t20-,22+,23-,24-,27-,29-/m1/s1.